The molecule has 3 aromatic heterocycles. The van der Waals surface area contributed by atoms with Gasteiger partial charge in [-0.05, 0) is 25.5 Å². The standard InChI is InChI=1S/C18H19FN6O/c1-4-12(9-13(19)5-2)16-15(11-24(3)23-16)22-18(26)14-10-21-25-8-6-7-20-17(14)25/h4,6-11H,5H2,1-3H3,(H,22,26)/b12-4+,13-9+. The van der Waals surface area contributed by atoms with Crippen molar-refractivity contribution in [3.63, 3.8) is 0 Å². The second-order valence-electron chi connectivity index (χ2n) is 5.65. The van der Waals surface area contributed by atoms with Crippen molar-refractivity contribution in [2.75, 3.05) is 5.32 Å². The molecule has 134 valence electrons. The number of nitrogens with zero attached hydrogens (tertiary/aromatic N) is 5. The van der Waals surface area contributed by atoms with E-state index < -0.39 is 0 Å². The molecule has 0 atom stereocenters. The Morgan fingerprint density at radius 1 is 1.42 bits per heavy atom. The fourth-order valence-electron chi connectivity index (χ4n) is 2.53. The summed E-state index contributed by atoms with van der Waals surface area (Å²) >= 11 is 0. The summed E-state index contributed by atoms with van der Waals surface area (Å²) in [6.45, 7) is 3.53. The number of carbonyl (C=O) groups is 1. The Bertz CT molecular complexity index is 1010. The number of carbonyl (C=O) groups excluding carboxylic acids is 1. The number of allylic oxidation sites excluding steroid dienone is 4. The van der Waals surface area contributed by atoms with Crippen molar-refractivity contribution in [1.29, 1.82) is 0 Å². The van der Waals surface area contributed by atoms with Crippen molar-refractivity contribution in [3.05, 3.63) is 60.1 Å². The maximum atomic E-state index is 13.7. The number of rotatable bonds is 5. The first-order chi connectivity index (χ1) is 12.5. The van der Waals surface area contributed by atoms with Gasteiger partial charge in [-0.2, -0.15) is 10.2 Å². The van der Waals surface area contributed by atoms with Crippen LogP contribution in [0, 0.1) is 0 Å². The Labute approximate surface area is 149 Å². The smallest absolute Gasteiger partial charge is 0.261 e. The first-order valence-corrected chi connectivity index (χ1v) is 8.19. The Balaban J connectivity index is 1.94. The number of aromatic nitrogens is 5. The number of nitrogens with one attached hydrogen (secondary N) is 1. The van der Waals surface area contributed by atoms with Gasteiger partial charge in [-0.1, -0.05) is 13.0 Å². The van der Waals surface area contributed by atoms with Crippen LogP contribution in [0.25, 0.3) is 11.2 Å². The van der Waals surface area contributed by atoms with E-state index in [2.05, 4.69) is 20.5 Å². The van der Waals surface area contributed by atoms with Crippen molar-refractivity contribution in [3.8, 4) is 0 Å². The third-order valence-corrected chi connectivity index (χ3v) is 3.84. The predicted molar refractivity (Wildman–Crippen MR) is 97.3 cm³/mol. The molecule has 3 rings (SSSR count). The maximum Gasteiger partial charge on any atom is 0.261 e. The predicted octanol–water partition coefficient (Wildman–Crippen LogP) is 3.38. The molecule has 1 amide bonds. The Morgan fingerprint density at radius 3 is 2.96 bits per heavy atom. The lowest BCUT2D eigenvalue weighted by Gasteiger charge is -2.05. The lowest BCUT2D eigenvalue weighted by molar-refractivity contribution is 0.102. The zero-order chi connectivity index (χ0) is 18.7. The van der Waals surface area contributed by atoms with Crippen molar-refractivity contribution >= 4 is 22.8 Å². The molecule has 0 unspecified atom stereocenters. The number of hydrogen-bond donors (Lipinski definition) is 1. The minimum Gasteiger partial charge on any atom is -0.319 e. The molecule has 3 heterocycles. The summed E-state index contributed by atoms with van der Waals surface area (Å²) in [5.74, 6) is -0.615. The Morgan fingerprint density at radius 2 is 2.23 bits per heavy atom. The van der Waals surface area contributed by atoms with E-state index in [1.54, 1.807) is 56.3 Å². The summed E-state index contributed by atoms with van der Waals surface area (Å²) in [6.07, 6.45) is 9.91. The fraction of sp³-hybridized carbons (Fsp3) is 0.222. The highest BCUT2D eigenvalue weighted by Gasteiger charge is 2.18. The number of fused-ring (bicyclic) bond motifs is 1. The molecule has 0 fully saturated rings. The van der Waals surface area contributed by atoms with Gasteiger partial charge in [0, 0.05) is 31.2 Å². The van der Waals surface area contributed by atoms with Crippen LogP contribution in [-0.4, -0.2) is 30.3 Å². The highest BCUT2D eigenvalue weighted by atomic mass is 19.1. The third-order valence-electron chi connectivity index (χ3n) is 3.84. The average Bonchev–Trinajstić information content (AvgIpc) is 3.22. The van der Waals surface area contributed by atoms with E-state index in [0.717, 1.165) is 0 Å². The molecular weight excluding hydrogens is 335 g/mol. The molecule has 0 aliphatic rings. The third kappa shape index (κ3) is 3.39. The molecular formula is C18H19FN6O. The van der Waals surface area contributed by atoms with Gasteiger partial charge in [-0.3, -0.25) is 9.48 Å². The minimum absolute atomic E-state index is 0.257. The van der Waals surface area contributed by atoms with E-state index in [9.17, 15) is 9.18 Å². The van der Waals surface area contributed by atoms with Gasteiger partial charge in [-0.15, -0.1) is 0 Å². The van der Waals surface area contributed by atoms with Gasteiger partial charge in [0.1, 0.15) is 17.1 Å². The van der Waals surface area contributed by atoms with Crippen molar-refractivity contribution in [2.24, 2.45) is 7.05 Å². The van der Waals surface area contributed by atoms with Crippen molar-refractivity contribution in [2.45, 2.75) is 20.3 Å². The molecule has 0 radical (unpaired) electrons. The zero-order valence-corrected chi connectivity index (χ0v) is 14.8. The normalized spacial score (nSPS) is 12.6. The van der Waals surface area contributed by atoms with E-state index in [4.69, 9.17) is 0 Å². The van der Waals surface area contributed by atoms with Crippen LogP contribution in [0.4, 0.5) is 10.1 Å². The topological polar surface area (TPSA) is 77.1 Å². The first-order valence-electron chi connectivity index (χ1n) is 8.19. The maximum absolute atomic E-state index is 13.7. The molecule has 0 saturated carbocycles. The van der Waals surface area contributed by atoms with Crippen LogP contribution in [0.1, 0.15) is 36.3 Å². The molecule has 3 aromatic rings. The summed E-state index contributed by atoms with van der Waals surface area (Å²) in [6, 6.07) is 1.73. The van der Waals surface area contributed by atoms with Gasteiger partial charge in [0.15, 0.2) is 5.65 Å². The lowest BCUT2D eigenvalue weighted by Crippen LogP contribution is -2.12. The van der Waals surface area contributed by atoms with E-state index in [0.29, 0.717) is 34.6 Å². The molecule has 26 heavy (non-hydrogen) atoms. The first kappa shape index (κ1) is 17.5. The molecule has 0 aliphatic carbocycles. The number of anilines is 1. The van der Waals surface area contributed by atoms with Gasteiger partial charge >= 0.3 is 0 Å². The zero-order valence-electron chi connectivity index (χ0n) is 14.8. The quantitative estimate of drug-likeness (QED) is 0.713. The number of hydrogen-bond acceptors (Lipinski definition) is 4. The summed E-state index contributed by atoms with van der Waals surface area (Å²) in [5, 5.41) is 11.3. The summed E-state index contributed by atoms with van der Waals surface area (Å²) in [4.78, 5) is 16.9. The van der Waals surface area contributed by atoms with Gasteiger partial charge in [0.05, 0.1) is 11.9 Å². The monoisotopic (exact) mass is 354 g/mol. The molecule has 0 saturated heterocycles. The Kier molecular flexibility index (Phi) is 4.92. The van der Waals surface area contributed by atoms with Crippen LogP contribution in [-0.2, 0) is 7.05 Å². The molecule has 1 N–H and O–H groups in total. The molecule has 8 heteroatoms. The van der Waals surface area contributed by atoms with E-state index in [-0.39, 0.29) is 11.7 Å². The highest BCUT2D eigenvalue weighted by molar-refractivity contribution is 6.09. The summed E-state index contributed by atoms with van der Waals surface area (Å²) < 4.78 is 16.8. The lowest BCUT2D eigenvalue weighted by atomic mass is 10.1. The Hall–Kier alpha value is -3.29. The molecule has 0 aliphatic heterocycles. The molecule has 7 nitrogen and oxygen atoms in total. The SMILES string of the molecule is C/C=C(\C=C(\F)CC)c1nn(C)cc1NC(=O)c1cnn2cccnc12. The molecule has 0 spiro atoms. The van der Waals surface area contributed by atoms with Crippen molar-refractivity contribution in [1.82, 2.24) is 24.4 Å². The van der Waals surface area contributed by atoms with Crippen LogP contribution in [0.3, 0.4) is 0 Å². The highest BCUT2D eigenvalue weighted by Crippen LogP contribution is 2.26. The second-order valence-corrected chi connectivity index (χ2v) is 5.65. The van der Waals surface area contributed by atoms with Crippen LogP contribution in [0.5, 0.6) is 0 Å². The number of aryl methyl sites for hydroxylation is 1. The van der Waals surface area contributed by atoms with Gasteiger partial charge in [-0.25, -0.2) is 13.9 Å². The molecule has 0 bridgehead atoms. The fourth-order valence-corrected chi connectivity index (χ4v) is 2.53. The minimum atomic E-state index is -0.358. The van der Waals surface area contributed by atoms with E-state index in [1.165, 1.54) is 16.8 Å². The van der Waals surface area contributed by atoms with Crippen LogP contribution >= 0.6 is 0 Å². The van der Waals surface area contributed by atoms with Gasteiger partial charge in [0.25, 0.3) is 5.91 Å². The van der Waals surface area contributed by atoms with Gasteiger partial charge in [0.2, 0.25) is 0 Å². The average molecular weight is 354 g/mol. The number of halogens is 1. The van der Waals surface area contributed by atoms with Crippen molar-refractivity contribution < 1.29 is 9.18 Å². The largest absolute Gasteiger partial charge is 0.319 e. The van der Waals surface area contributed by atoms with E-state index >= 15 is 0 Å². The number of amides is 1. The van der Waals surface area contributed by atoms with Crippen LogP contribution in [0.15, 0.2) is 48.8 Å². The van der Waals surface area contributed by atoms with E-state index in [1.807, 2.05) is 0 Å². The summed E-state index contributed by atoms with van der Waals surface area (Å²) in [5.41, 5.74) is 2.38. The summed E-state index contributed by atoms with van der Waals surface area (Å²) in [7, 11) is 1.74. The van der Waals surface area contributed by atoms with Gasteiger partial charge < -0.3 is 5.32 Å². The van der Waals surface area contributed by atoms with Crippen LogP contribution in [0.2, 0.25) is 0 Å². The second kappa shape index (κ2) is 7.30. The van der Waals surface area contributed by atoms with Crippen LogP contribution < -0.4 is 5.32 Å². The molecule has 0 aromatic carbocycles.